The molecule has 0 aromatic heterocycles. The fourth-order valence-electron chi connectivity index (χ4n) is 2.16. The second kappa shape index (κ2) is 7.43. The lowest BCUT2D eigenvalue weighted by molar-refractivity contribution is -0.115. The Labute approximate surface area is 154 Å². The average Bonchev–Trinajstić information content (AvgIpc) is 2.91. The van der Waals surface area contributed by atoms with Crippen LogP contribution in [0.2, 0.25) is 10.0 Å². The van der Waals surface area contributed by atoms with E-state index in [9.17, 15) is 4.79 Å². The molecule has 3 rings (SSSR count). The number of rotatable bonds is 3. The normalized spacial score (nSPS) is 17.5. The van der Waals surface area contributed by atoms with E-state index in [0.29, 0.717) is 20.1 Å². The van der Waals surface area contributed by atoms with Crippen molar-refractivity contribution in [2.75, 3.05) is 0 Å². The Hall–Kier alpha value is -1.75. The quantitative estimate of drug-likeness (QED) is 0.723. The summed E-state index contributed by atoms with van der Waals surface area (Å²) >= 11 is 13.2. The zero-order valence-corrected chi connectivity index (χ0v) is 15.2. The maximum atomic E-state index is 12.1. The van der Waals surface area contributed by atoms with Crippen molar-refractivity contribution in [2.24, 2.45) is 4.99 Å². The minimum Gasteiger partial charge on any atom is -0.300 e. The van der Waals surface area contributed by atoms with Gasteiger partial charge in [-0.25, -0.2) is 4.99 Å². The van der Waals surface area contributed by atoms with Gasteiger partial charge in [0.05, 0.1) is 20.6 Å². The van der Waals surface area contributed by atoms with Crippen molar-refractivity contribution in [1.29, 1.82) is 0 Å². The van der Waals surface area contributed by atoms with Gasteiger partial charge < -0.3 is 5.32 Å². The van der Waals surface area contributed by atoms with E-state index in [1.165, 1.54) is 17.3 Å². The molecular weight excluding hydrogens is 363 g/mol. The highest BCUT2D eigenvalue weighted by Gasteiger charge is 2.23. The van der Waals surface area contributed by atoms with Crippen LogP contribution < -0.4 is 5.32 Å². The van der Waals surface area contributed by atoms with Gasteiger partial charge in [-0.3, -0.25) is 4.79 Å². The van der Waals surface area contributed by atoms with E-state index in [0.717, 1.165) is 17.7 Å². The zero-order chi connectivity index (χ0) is 17.1. The van der Waals surface area contributed by atoms with Gasteiger partial charge in [-0.05, 0) is 59.7 Å². The third kappa shape index (κ3) is 4.01. The predicted octanol–water partition coefficient (Wildman–Crippen LogP) is 5.45. The van der Waals surface area contributed by atoms with Gasteiger partial charge in [0.1, 0.15) is 0 Å². The van der Waals surface area contributed by atoms with Crippen molar-refractivity contribution >= 4 is 57.8 Å². The molecule has 0 atom stereocenters. The van der Waals surface area contributed by atoms with Gasteiger partial charge in [-0.2, -0.15) is 0 Å². The van der Waals surface area contributed by atoms with E-state index in [2.05, 4.69) is 17.2 Å². The number of thioether (sulfide) groups is 1. The van der Waals surface area contributed by atoms with Crippen molar-refractivity contribution in [3.05, 3.63) is 68.5 Å². The monoisotopic (exact) mass is 376 g/mol. The number of halogens is 2. The first-order valence-electron chi connectivity index (χ1n) is 7.38. The molecule has 3 nitrogen and oxygen atoms in total. The Morgan fingerprint density at radius 3 is 2.54 bits per heavy atom. The van der Waals surface area contributed by atoms with Gasteiger partial charge in [-0.15, -0.1) is 0 Å². The van der Waals surface area contributed by atoms with Gasteiger partial charge in [-0.1, -0.05) is 48.3 Å². The number of amidine groups is 1. The summed E-state index contributed by atoms with van der Waals surface area (Å²) in [4.78, 5) is 17.1. The lowest BCUT2D eigenvalue weighted by Crippen LogP contribution is -2.19. The first-order valence-corrected chi connectivity index (χ1v) is 8.96. The van der Waals surface area contributed by atoms with Crippen LogP contribution in [0.15, 0.2) is 52.4 Å². The van der Waals surface area contributed by atoms with Crippen molar-refractivity contribution < 1.29 is 4.79 Å². The van der Waals surface area contributed by atoms with E-state index in [-0.39, 0.29) is 5.91 Å². The first kappa shape index (κ1) is 17.1. The molecule has 1 amide bonds. The van der Waals surface area contributed by atoms with E-state index >= 15 is 0 Å². The molecule has 1 heterocycles. The number of carbonyl (C=O) groups is 1. The molecule has 0 spiro atoms. The fraction of sp³-hybridized carbons (Fsp3) is 0.111. The van der Waals surface area contributed by atoms with Gasteiger partial charge >= 0.3 is 0 Å². The Bertz CT molecular complexity index is 845. The van der Waals surface area contributed by atoms with Crippen LogP contribution in [0.5, 0.6) is 0 Å². The summed E-state index contributed by atoms with van der Waals surface area (Å²) in [5.74, 6) is -0.171. The summed E-state index contributed by atoms with van der Waals surface area (Å²) in [5.41, 5.74) is 2.88. The highest BCUT2D eigenvalue weighted by molar-refractivity contribution is 8.18. The summed E-state index contributed by atoms with van der Waals surface area (Å²) in [7, 11) is 0. The van der Waals surface area contributed by atoms with Gasteiger partial charge in [0.2, 0.25) is 0 Å². The largest absolute Gasteiger partial charge is 0.300 e. The molecule has 0 aliphatic carbocycles. The van der Waals surface area contributed by atoms with E-state index in [1.54, 1.807) is 18.2 Å². The van der Waals surface area contributed by atoms with Gasteiger partial charge in [0.25, 0.3) is 5.91 Å². The molecule has 6 heteroatoms. The van der Waals surface area contributed by atoms with Gasteiger partial charge in [0.15, 0.2) is 5.17 Å². The highest BCUT2D eigenvalue weighted by Crippen LogP contribution is 2.30. The number of aliphatic imine (C=N–C) groups is 1. The third-order valence-corrected chi connectivity index (χ3v) is 5.12. The molecule has 1 N–H and O–H groups in total. The van der Waals surface area contributed by atoms with Crippen LogP contribution in [0.1, 0.15) is 18.1 Å². The first-order chi connectivity index (χ1) is 11.5. The number of aryl methyl sites for hydroxylation is 1. The van der Waals surface area contributed by atoms with Crippen LogP contribution in [0.4, 0.5) is 5.69 Å². The summed E-state index contributed by atoms with van der Waals surface area (Å²) in [6.07, 6.45) is 2.75. The number of hydrogen-bond acceptors (Lipinski definition) is 3. The maximum absolute atomic E-state index is 12.1. The Morgan fingerprint density at radius 2 is 1.88 bits per heavy atom. The molecule has 0 radical (unpaired) electrons. The standard InChI is InChI=1S/C18H14Cl2N2OS/c1-2-11-3-6-13(7-4-11)21-18-22-17(23)16(24-18)10-12-5-8-14(19)15(20)9-12/h3-10H,2H2,1H3,(H,21,22,23)/b16-10-. The molecule has 122 valence electrons. The number of nitrogens with zero attached hydrogens (tertiary/aromatic N) is 1. The Kier molecular flexibility index (Phi) is 5.29. The molecule has 1 fully saturated rings. The molecule has 2 aromatic rings. The summed E-state index contributed by atoms with van der Waals surface area (Å²) < 4.78 is 0. The number of benzene rings is 2. The van der Waals surface area contributed by atoms with Crippen molar-refractivity contribution in [2.45, 2.75) is 13.3 Å². The van der Waals surface area contributed by atoms with Crippen LogP contribution in [-0.2, 0) is 11.2 Å². The summed E-state index contributed by atoms with van der Waals surface area (Å²) in [6, 6.07) is 13.2. The average molecular weight is 377 g/mol. The molecule has 24 heavy (non-hydrogen) atoms. The Balaban J connectivity index is 1.80. The molecule has 1 aliphatic rings. The van der Waals surface area contributed by atoms with E-state index in [1.807, 2.05) is 30.3 Å². The molecule has 0 saturated carbocycles. The smallest absolute Gasteiger partial charge is 0.264 e. The second-order valence-corrected chi connectivity index (χ2v) is 7.02. The third-order valence-electron chi connectivity index (χ3n) is 3.47. The Morgan fingerprint density at radius 1 is 1.12 bits per heavy atom. The predicted molar refractivity (Wildman–Crippen MR) is 103 cm³/mol. The molecule has 0 unspecified atom stereocenters. The lowest BCUT2D eigenvalue weighted by Gasteiger charge is -1.99. The lowest BCUT2D eigenvalue weighted by atomic mass is 10.2. The maximum Gasteiger partial charge on any atom is 0.264 e. The second-order valence-electron chi connectivity index (χ2n) is 5.18. The topological polar surface area (TPSA) is 41.5 Å². The number of hydrogen-bond donors (Lipinski definition) is 1. The minimum absolute atomic E-state index is 0.171. The van der Waals surface area contributed by atoms with Crippen molar-refractivity contribution in [3.8, 4) is 0 Å². The summed E-state index contributed by atoms with van der Waals surface area (Å²) in [6.45, 7) is 2.11. The van der Waals surface area contributed by atoms with Gasteiger partial charge in [0, 0.05) is 0 Å². The highest BCUT2D eigenvalue weighted by atomic mass is 35.5. The molecular formula is C18H14Cl2N2OS. The number of carbonyl (C=O) groups excluding carboxylic acids is 1. The van der Waals surface area contributed by atoms with E-state index in [4.69, 9.17) is 23.2 Å². The minimum atomic E-state index is -0.171. The molecule has 1 aliphatic heterocycles. The SMILES string of the molecule is CCc1ccc(N=C2NC(=O)/C(=C/c3ccc(Cl)c(Cl)c3)S2)cc1. The number of nitrogens with one attached hydrogen (secondary N) is 1. The van der Waals surface area contributed by atoms with Crippen LogP contribution in [0, 0.1) is 0 Å². The van der Waals surface area contributed by atoms with Crippen molar-refractivity contribution in [1.82, 2.24) is 5.32 Å². The molecule has 0 bridgehead atoms. The van der Waals surface area contributed by atoms with Crippen LogP contribution in [0.25, 0.3) is 6.08 Å². The van der Waals surface area contributed by atoms with Crippen LogP contribution in [-0.4, -0.2) is 11.1 Å². The zero-order valence-electron chi connectivity index (χ0n) is 12.8. The number of amides is 1. The molecule has 2 aromatic carbocycles. The van der Waals surface area contributed by atoms with Crippen molar-refractivity contribution in [3.63, 3.8) is 0 Å². The van der Waals surface area contributed by atoms with E-state index < -0.39 is 0 Å². The van der Waals surface area contributed by atoms with Crippen LogP contribution >= 0.6 is 35.0 Å². The van der Waals surface area contributed by atoms with Crippen LogP contribution in [0.3, 0.4) is 0 Å². The summed E-state index contributed by atoms with van der Waals surface area (Å²) in [5, 5.41) is 4.28. The fourth-order valence-corrected chi connectivity index (χ4v) is 3.31. The molecule has 1 saturated heterocycles.